The minimum Gasteiger partial charge on any atom is -0.469 e. The van der Waals surface area contributed by atoms with E-state index in [4.69, 9.17) is 0 Å². The summed E-state index contributed by atoms with van der Waals surface area (Å²) in [6.45, 7) is 0. The Bertz CT molecular complexity index is 443. The highest BCUT2D eigenvalue weighted by Crippen LogP contribution is 2.33. The zero-order chi connectivity index (χ0) is 13.1. The Balaban J connectivity index is 3.10. The molecule has 0 saturated carbocycles. The molecule has 0 unspecified atom stereocenters. The summed E-state index contributed by atoms with van der Waals surface area (Å²) >= 11 is 0. The van der Waals surface area contributed by atoms with Gasteiger partial charge in [-0.2, -0.15) is 13.2 Å². The lowest BCUT2D eigenvalue weighted by molar-refractivity contribution is -0.139. The fraction of sp³-hybridized carbons (Fsp3) is 0.300. The zero-order valence-electron chi connectivity index (χ0n) is 8.75. The van der Waals surface area contributed by atoms with Gasteiger partial charge < -0.3 is 4.74 Å². The van der Waals surface area contributed by atoms with E-state index >= 15 is 0 Å². The highest BCUT2D eigenvalue weighted by molar-refractivity contribution is 5.74. The maximum Gasteiger partial charge on any atom is 0.416 e. The Labute approximate surface area is 94.4 Å². The molecule has 0 amide bonds. The van der Waals surface area contributed by atoms with Gasteiger partial charge in [0.25, 0.3) is 0 Å². The van der Waals surface area contributed by atoms with Gasteiger partial charge in [0.15, 0.2) is 0 Å². The maximum absolute atomic E-state index is 12.3. The van der Waals surface area contributed by atoms with Gasteiger partial charge in [0.1, 0.15) is 5.69 Å². The second kappa shape index (κ2) is 4.94. The van der Waals surface area contributed by atoms with E-state index in [9.17, 15) is 22.9 Å². The molecule has 1 aromatic carbocycles. The molecule has 1 rings (SSSR count). The van der Waals surface area contributed by atoms with E-state index in [0.29, 0.717) is 6.07 Å². The standard InChI is InChI=1S/C10H8F3NO3/c1-17-9(15)4-6-2-3-7(10(11,12)13)5-8(6)14-16/h2-3,5H,4H2,1H3. The summed E-state index contributed by atoms with van der Waals surface area (Å²) in [5.41, 5.74) is -1.30. The summed E-state index contributed by atoms with van der Waals surface area (Å²) in [4.78, 5) is 21.3. The lowest BCUT2D eigenvalue weighted by Gasteiger charge is -2.08. The monoisotopic (exact) mass is 247 g/mol. The SMILES string of the molecule is COC(=O)Cc1ccc(C(F)(F)F)cc1N=O. The first kappa shape index (κ1) is 13.1. The van der Waals surface area contributed by atoms with E-state index in [-0.39, 0.29) is 12.0 Å². The molecule has 0 aromatic heterocycles. The van der Waals surface area contributed by atoms with Crippen molar-refractivity contribution in [1.29, 1.82) is 0 Å². The highest BCUT2D eigenvalue weighted by Gasteiger charge is 2.31. The number of nitrogens with zero attached hydrogens (tertiary/aromatic N) is 1. The van der Waals surface area contributed by atoms with Crippen molar-refractivity contribution in [2.75, 3.05) is 7.11 Å². The Morgan fingerprint density at radius 1 is 1.41 bits per heavy atom. The Kier molecular flexibility index (Phi) is 3.82. The lowest BCUT2D eigenvalue weighted by Crippen LogP contribution is -2.07. The molecule has 0 radical (unpaired) electrons. The summed E-state index contributed by atoms with van der Waals surface area (Å²) in [6, 6.07) is 2.43. The van der Waals surface area contributed by atoms with Crippen LogP contribution in [0, 0.1) is 4.91 Å². The number of nitroso groups, excluding NO2 is 1. The molecule has 0 heterocycles. The van der Waals surface area contributed by atoms with Crippen LogP contribution < -0.4 is 0 Å². The lowest BCUT2D eigenvalue weighted by atomic mass is 10.1. The molecular formula is C10H8F3NO3. The summed E-state index contributed by atoms with van der Waals surface area (Å²) in [7, 11) is 1.14. The molecule has 17 heavy (non-hydrogen) atoms. The Morgan fingerprint density at radius 3 is 2.53 bits per heavy atom. The molecule has 0 aliphatic heterocycles. The minimum absolute atomic E-state index is 0.0971. The van der Waals surface area contributed by atoms with Crippen LogP contribution in [0.1, 0.15) is 11.1 Å². The molecule has 1 aromatic rings. The van der Waals surface area contributed by atoms with Crippen molar-refractivity contribution in [2.45, 2.75) is 12.6 Å². The van der Waals surface area contributed by atoms with Gasteiger partial charge in [0, 0.05) is 0 Å². The summed E-state index contributed by atoms with van der Waals surface area (Å²) in [5, 5.41) is 2.47. The molecule has 0 aliphatic carbocycles. The first-order valence-corrected chi connectivity index (χ1v) is 4.48. The molecule has 7 heteroatoms. The molecule has 92 valence electrons. The quantitative estimate of drug-likeness (QED) is 0.609. The molecule has 0 atom stereocenters. The molecule has 0 saturated heterocycles. The Morgan fingerprint density at radius 2 is 2.06 bits per heavy atom. The second-order valence-electron chi connectivity index (χ2n) is 3.19. The van der Waals surface area contributed by atoms with E-state index in [1.54, 1.807) is 0 Å². The van der Waals surface area contributed by atoms with Gasteiger partial charge in [0.2, 0.25) is 0 Å². The predicted molar refractivity (Wildman–Crippen MR) is 52.6 cm³/mol. The van der Waals surface area contributed by atoms with Gasteiger partial charge in [-0.15, -0.1) is 4.91 Å². The number of benzene rings is 1. The first-order valence-electron chi connectivity index (χ1n) is 4.48. The number of rotatable bonds is 3. The second-order valence-corrected chi connectivity index (χ2v) is 3.19. The number of carbonyl (C=O) groups excluding carboxylic acids is 1. The van der Waals surface area contributed by atoms with Crippen molar-refractivity contribution in [2.24, 2.45) is 5.18 Å². The molecule has 0 aliphatic rings. The van der Waals surface area contributed by atoms with Gasteiger partial charge in [0.05, 0.1) is 19.1 Å². The van der Waals surface area contributed by atoms with Crippen LogP contribution >= 0.6 is 0 Å². The third-order valence-corrected chi connectivity index (χ3v) is 2.07. The number of ether oxygens (including phenoxy) is 1. The van der Waals surface area contributed by atoms with Crippen molar-refractivity contribution < 1.29 is 22.7 Å². The predicted octanol–water partition coefficient (Wildman–Crippen LogP) is 2.82. The maximum atomic E-state index is 12.3. The highest BCUT2D eigenvalue weighted by atomic mass is 19.4. The van der Waals surface area contributed by atoms with Gasteiger partial charge >= 0.3 is 12.1 Å². The summed E-state index contributed by atoms with van der Waals surface area (Å²) in [5.74, 6) is -0.658. The van der Waals surface area contributed by atoms with Gasteiger partial charge in [-0.05, 0) is 22.9 Å². The topological polar surface area (TPSA) is 55.7 Å². The van der Waals surface area contributed by atoms with Crippen LogP contribution in [0.15, 0.2) is 23.4 Å². The van der Waals surface area contributed by atoms with Crippen molar-refractivity contribution in [3.63, 3.8) is 0 Å². The van der Waals surface area contributed by atoms with Crippen LogP contribution in [0.4, 0.5) is 18.9 Å². The molecule has 0 spiro atoms. The first-order chi connectivity index (χ1) is 7.88. The van der Waals surface area contributed by atoms with Crippen LogP contribution in [0.3, 0.4) is 0 Å². The van der Waals surface area contributed by atoms with Crippen LogP contribution in [-0.4, -0.2) is 13.1 Å². The summed E-state index contributed by atoms with van der Waals surface area (Å²) in [6.07, 6.45) is -4.85. The molecule has 0 N–H and O–H groups in total. The van der Waals surface area contributed by atoms with Gasteiger partial charge in [-0.3, -0.25) is 4.79 Å². The van der Waals surface area contributed by atoms with Crippen LogP contribution in [0.5, 0.6) is 0 Å². The number of methoxy groups -OCH3 is 1. The van der Waals surface area contributed by atoms with E-state index in [1.807, 2.05) is 0 Å². The molecule has 0 bridgehead atoms. The van der Waals surface area contributed by atoms with Crippen molar-refractivity contribution in [3.8, 4) is 0 Å². The Hall–Kier alpha value is -1.92. The van der Waals surface area contributed by atoms with Gasteiger partial charge in [-0.1, -0.05) is 6.07 Å². The largest absolute Gasteiger partial charge is 0.469 e. The van der Waals surface area contributed by atoms with Crippen LogP contribution in [0.2, 0.25) is 0 Å². The third-order valence-electron chi connectivity index (χ3n) is 2.07. The van der Waals surface area contributed by atoms with E-state index in [1.165, 1.54) is 0 Å². The zero-order valence-corrected chi connectivity index (χ0v) is 8.75. The fourth-order valence-electron chi connectivity index (χ4n) is 1.20. The average molecular weight is 247 g/mol. The molecule has 4 nitrogen and oxygen atoms in total. The number of alkyl halides is 3. The number of hydrogen-bond acceptors (Lipinski definition) is 4. The minimum atomic E-state index is -4.55. The van der Waals surface area contributed by atoms with Crippen molar-refractivity contribution in [3.05, 3.63) is 34.2 Å². The smallest absolute Gasteiger partial charge is 0.416 e. The number of halogens is 3. The van der Waals surface area contributed by atoms with Crippen molar-refractivity contribution in [1.82, 2.24) is 0 Å². The number of esters is 1. The van der Waals surface area contributed by atoms with E-state index < -0.39 is 23.4 Å². The fourth-order valence-corrected chi connectivity index (χ4v) is 1.20. The molecular weight excluding hydrogens is 239 g/mol. The normalized spacial score (nSPS) is 11.1. The van der Waals surface area contributed by atoms with Gasteiger partial charge in [-0.25, -0.2) is 0 Å². The average Bonchev–Trinajstić information content (AvgIpc) is 2.27. The van der Waals surface area contributed by atoms with Crippen LogP contribution in [0.25, 0.3) is 0 Å². The van der Waals surface area contributed by atoms with Crippen LogP contribution in [-0.2, 0) is 22.1 Å². The van der Waals surface area contributed by atoms with E-state index in [2.05, 4.69) is 9.91 Å². The van der Waals surface area contributed by atoms with Crippen molar-refractivity contribution >= 4 is 11.7 Å². The molecule has 0 fully saturated rings. The third kappa shape index (κ3) is 3.27. The summed E-state index contributed by atoms with van der Waals surface area (Å²) < 4.78 is 41.3. The van der Waals surface area contributed by atoms with E-state index in [0.717, 1.165) is 19.2 Å². The number of hydrogen-bond donors (Lipinski definition) is 0. The number of carbonyl (C=O) groups is 1.